The summed E-state index contributed by atoms with van der Waals surface area (Å²) < 4.78 is 13.3. The molecule has 1 aromatic carbocycles. The van der Waals surface area contributed by atoms with E-state index in [1.165, 1.54) is 12.1 Å². The molecule has 0 heterocycles. The summed E-state index contributed by atoms with van der Waals surface area (Å²) in [7, 11) is 0. The molecule has 2 N–H and O–H groups in total. The van der Waals surface area contributed by atoms with E-state index in [1.54, 1.807) is 6.07 Å². The number of amides is 1. The van der Waals surface area contributed by atoms with Crippen molar-refractivity contribution >= 4 is 18.3 Å². The van der Waals surface area contributed by atoms with Crippen LogP contribution in [0.25, 0.3) is 0 Å². The van der Waals surface area contributed by atoms with Gasteiger partial charge >= 0.3 is 0 Å². The monoisotopic (exact) mass is 326 g/mol. The fourth-order valence-corrected chi connectivity index (χ4v) is 3.29. The van der Waals surface area contributed by atoms with Crippen LogP contribution in [0, 0.1) is 11.7 Å². The molecule has 0 saturated heterocycles. The summed E-state index contributed by atoms with van der Waals surface area (Å²) in [4.78, 5) is 14.7. The zero-order valence-corrected chi connectivity index (χ0v) is 13.5. The molecule has 0 spiro atoms. The van der Waals surface area contributed by atoms with Crippen molar-refractivity contribution in [2.45, 2.75) is 57.2 Å². The van der Waals surface area contributed by atoms with Crippen LogP contribution < -0.4 is 5.73 Å². The molecule has 3 nitrogen and oxygen atoms in total. The Hall–Kier alpha value is -1.13. The molecular weight excluding hydrogens is 303 g/mol. The minimum Gasteiger partial charge on any atom is -0.335 e. The minimum atomic E-state index is -0.240. The highest BCUT2D eigenvalue weighted by Gasteiger charge is 2.37. The van der Waals surface area contributed by atoms with E-state index in [0.717, 1.165) is 44.1 Å². The Morgan fingerprint density at radius 1 is 1.27 bits per heavy atom. The predicted molar refractivity (Wildman–Crippen MR) is 87.2 cm³/mol. The molecule has 2 fully saturated rings. The lowest BCUT2D eigenvalue weighted by molar-refractivity contribution is -0.138. The lowest BCUT2D eigenvalue weighted by atomic mass is 9.85. The topological polar surface area (TPSA) is 46.3 Å². The van der Waals surface area contributed by atoms with E-state index >= 15 is 0 Å². The number of benzene rings is 1. The summed E-state index contributed by atoms with van der Waals surface area (Å²) >= 11 is 0. The van der Waals surface area contributed by atoms with Gasteiger partial charge in [0.1, 0.15) is 5.82 Å². The number of halogens is 2. The van der Waals surface area contributed by atoms with Gasteiger partial charge in [-0.25, -0.2) is 4.39 Å². The highest BCUT2D eigenvalue weighted by molar-refractivity contribution is 5.85. The van der Waals surface area contributed by atoms with Crippen LogP contribution in [0.4, 0.5) is 4.39 Å². The lowest BCUT2D eigenvalue weighted by Crippen LogP contribution is -2.41. The van der Waals surface area contributed by atoms with Crippen LogP contribution in [0.5, 0.6) is 0 Å². The molecule has 2 atom stereocenters. The van der Waals surface area contributed by atoms with Crippen molar-refractivity contribution in [3.05, 3.63) is 35.6 Å². The third kappa shape index (κ3) is 4.20. The second-order valence-electron chi connectivity index (χ2n) is 6.45. The summed E-state index contributed by atoms with van der Waals surface area (Å²) in [6.45, 7) is 0.521. The first-order chi connectivity index (χ1) is 10.1. The lowest BCUT2D eigenvalue weighted by Gasteiger charge is -2.31. The van der Waals surface area contributed by atoms with Gasteiger partial charge in [-0.3, -0.25) is 4.79 Å². The molecule has 0 aliphatic heterocycles. The van der Waals surface area contributed by atoms with Crippen LogP contribution in [0.2, 0.25) is 0 Å². The van der Waals surface area contributed by atoms with Gasteiger partial charge in [0.2, 0.25) is 5.91 Å². The molecule has 2 unspecified atom stereocenters. The third-order valence-corrected chi connectivity index (χ3v) is 4.58. The number of carbonyl (C=O) groups excluding carboxylic acids is 1. The van der Waals surface area contributed by atoms with Crippen molar-refractivity contribution in [1.82, 2.24) is 4.90 Å². The molecule has 2 saturated carbocycles. The Morgan fingerprint density at radius 2 is 2.05 bits per heavy atom. The van der Waals surface area contributed by atoms with Crippen molar-refractivity contribution in [1.29, 1.82) is 0 Å². The Morgan fingerprint density at radius 3 is 2.68 bits per heavy atom. The zero-order valence-electron chi connectivity index (χ0n) is 12.7. The second-order valence-corrected chi connectivity index (χ2v) is 6.45. The highest BCUT2D eigenvalue weighted by Crippen LogP contribution is 2.33. The molecule has 0 bridgehead atoms. The average molecular weight is 327 g/mol. The molecule has 2 aliphatic carbocycles. The van der Waals surface area contributed by atoms with E-state index in [4.69, 9.17) is 5.73 Å². The van der Waals surface area contributed by atoms with Crippen molar-refractivity contribution in [2.24, 2.45) is 11.7 Å². The first kappa shape index (κ1) is 17.2. The third-order valence-electron chi connectivity index (χ3n) is 4.58. The summed E-state index contributed by atoms with van der Waals surface area (Å²) in [5.41, 5.74) is 6.88. The Bertz CT molecular complexity index is 521. The first-order valence-electron chi connectivity index (χ1n) is 7.94. The van der Waals surface area contributed by atoms with Gasteiger partial charge in [-0.2, -0.15) is 0 Å². The van der Waals surface area contributed by atoms with Crippen LogP contribution in [-0.4, -0.2) is 22.9 Å². The average Bonchev–Trinajstić information content (AvgIpc) is 3.29. The maximum Gasteiger partial charge on any atom is 0.226 e. The van der Waals surface area contributed by atoms with Crippen LogP contribution >= 0.6 is 12.4 Å². The van der Waals surface area contributed by atoms with Crippen LogP contribution in [0.15, 0.2) is 24.3 Å². The summed E-state index contributed by atoms with van der Waals surface area (Å²) in [5.74, 6) is 0.0372. The minimum absolute atomic E-state index is 0. The van der Waals surface area contributed by atoms with Gasteiger partial charge in [0.05, 0.1) is 0 Å². The van der Waals surface area contributed by atoms with Crippen LogP contribution in [-0.2, 0) is 11.3 Å². The molecule has 5 heteroatoms. The molecule has 3 rings (SSSR count). The molecule has 0 radical (unpaired) electrons. The SMILES string of the molecule is Cl.NC1CCCC(C(=O)N(Cc2cccc(F)c2)C2CC2)C1. The van der Waals surface area contributed by atoms with Crippen LogP contribution in [0.3, 0.4) is 0 Å². The van der Waals surface area contributed by atoms with Gasteiger partial charge in [-0.05, 0) is 49.8 Å². The van der Waals surface area contributed by atoms with E-state index in [2.05, 4.69) is 0 Å². The summed E-state index contributed by atoms with van der Waals surface area (Å²) in [5, 5.41) is 0. The standard InChI is InChI=1S/C17H23FN2O.ClH/c18-14-5-1-3-12(9-14)11-20(16-7-8-16)17(21)13-4-2-6-15(19)10-13;/h1,3,5,9,13,15-16H,2,4,6-8,10-11,19H2;1H. The van der Waals surface area contributed by atoms with E-state index in [-0.39, 0.29) is 36.1 Å². The molecular formula is C17H24ClFN2O. The second kappa shape index (κ2) is 7.42. The van der Waals surface area contributed by atoms with Crippen molar-refractivity contribution in [2.75, 3.05) is 0 Å². The number of carbonyl (C=O) groups is 1. The van der Waals surface area contributed by atoms with Gasteiger partial charge < -0.3 is 10.6 Å². The maximum absolute atomic E-state index is 13.3. The quantitative estimate of drug-likeness (QED) is 0.923. The van der Waals surface area contributed by atoms with Crippen molar-refractivity contribution in [3.8, 4) is 0 Å². The Labute approximate surface area is 137 Å². The smallest absolute Gasteiger partial charge is 0.226 e. The zero-order chi connectivity index (χ0) is 14.8. The number of nitrogens with two attached hydrogens (primary N) is 1. The molecule has 1 amide bonds. The molecule has 0 aromatic heterocycles. The van der Waals surface area contributed by atoms with Gasteiger partial charge in [0, 0.05) is 24.5 Å². The number of nitrogens with zero attached hydrogens (tertiary/aromatic N) is 1. The molecule has 122 valence electrons. The maximum atomic E-state index is 13.3. The predicted octanol–water partition coefficient (Wildman–Crippen LogP) is 3.26. The van der Waals surface area contributed by atoms with E-state index in [9.17, 15) is 9.18 Å². The molecule has 1 aromatic rings. The number of rotatable bonds is 4. The fourth-order valence-electron chi connectivity index (χ4n) is 3.29. The highest BCUT2D eigenvalue weighted by atomic mass is 35.5. The van der Waals surface area contributed by atoms with Gasteiger partial charge in [-0.1, -0.05) is 18.6 Å². The van der Waals surface area contributed by atoms with Gasteiger partial charge in [0.25, 0.3) is 0 Å². The fraction of sp³-hybridized carbons (Fsp3) is 0.588. The van der Waals surface area contributed by atoms with Crippen LogP contribution in [0.1, 0.15) is 44.1 Å². The van der Waals surface area contributed by atoms with Gasteiger partial charge in [-0.15, -0.1) is 12.4 Å². The normalized spacial score (nSPS) is 24.5. The van der Waals surface area contributed by atoms with Crippen molar-refractivity contribution < 1.29 is 9.18 Å². The van der Waals surface area contributed by atoms with E-state index < -0.39 is 0 Å². The summed E-state index contributed by atoms with van der Waals surface area (Å²) in [6.07, 6.45) is 5.94. The molecule has 2 aliphatic rings. The van der Waals surface area contributed by atoms with Gasteiger partial charge in [0.15, 0.2) is 0 Å². The Balaban J connectivity index is 0.00000176. The first-order valence-corrected chi connectivity index (χ1v) is 7.94. The Kier molecular flexibility index (Phi) is 5.81. The van der Waals surface area contributed by atoms with E-state index in [1.807, 2.05) is 11.0 Å². The largest absolute Gasteiger partial charge is 0.335 e. The molecule has 22 heavy (non-hydrogen) atoms. The number of hydrogen-bond acceptors (Lipinski definition) is 2. The van der Waals surface area contributed by atoms with E-state index in [0.29, 0.717) is 12.6 Å². The summed E-state index contributed by atoms with van der Waals surface area (Å²) in [6, 6.07) is 7.05. The number of hydrogen-bond donors (Lipinski definition) is 1. The van der Waals surface area contributed by atoms with Crippen molar-refractivity contribution in [3.63, 3.8) is 0 Å².